The Kier molecular flexibility index (Phi) is 5.48. The lowest BCUT2D eigenvalue weighted by Gasteiger charge is -2.42. The van der Waals surface area contributed by atoms with Crippen LogP contribution in [0.4, 0.5) is 0 Å². The third-order valence-corrected chi connectivity index (χ3v) is 6.56. The van der Waals surface area contributed by atoms with Crippen LogP contribution in [0.3, 0.4) is 0 Å². The van der Waals surface area contributed by atoms with E-state index >= 15 is 0 Å². The van der Waals surface area contributed by atoms with Crippen LogP contribution in [-0.2, 0) is 14.6 Å². The van der Waals surface area contributed by atoms with Crippen molar-refractivity contribution >= 4 is 15.7 Å². The van der Waals surface area contributed by atoms with Gasteiger partial charge in [0.15, 0.2) is 9.84 Å². The van der Waals surface area contributed by atoms with E-state index in [1.54, 1.807) is 4.90 Å². The Morgan fingerprint density at radius 2 is 1.86 bits per heavy atom. The monoisotopic (exact) mass is 318 g/mol. The molecule has 1 aliphatic rings. The molecule has 0 aliphatic carbocycles. The number of sulfone groups is 1. The third-order valence-electron chi connectivity index (χ3n) is 4.81. The summed E-state index contributed by atoms with van der Waals surface area (Å²) in [5.74, 6) is 0.231. The fraction of sp³-hybridized carbons (Fsp3) is 0.933. The molecule has 1 rings (SSSR count). The number of hydrogen-bond donors (Lipinski definition) is 1. The van der Waals surface area contributed by atoms with Crippen molar-refractivity contribution in [2.24, 2.45) is 11.1 Å². The fourth-order valence-corrected chi connectivity index (χ4v) is 4.16. The topological polar surface area (TPSA) is 80.5 Å². The van der Waals surface area contributed by atoms with E-state index in [0.717, 1.165) is 12.8 Å². The van der Waals surface area contributed by atoms with Crippen molar-refractivity contribution in [3.05, 3.63) is 0 Å². The van der Waals surface area contributed by atoms with Gasteiger partial charge in [0.25, 0.3) is 0 Å². The molecule has 1 atom stereocenters. The largest absolute Gasteiger partial charge is 0.338 e. The first kappa shape index (κ1) is 18.4. The highest BCUT2D eigenvalue weighted by molar-refractivity contribution is 7.91. The molecule has 1 aliphatic heterocycles. The Bertz CT molecular complexity index is 478. The molecule has 0 aromatic heterocycles. The van der Waals surface area contributed by atoms with Gasteiger partial charge in [-0.15, -0.1) is 0 Å². The molecule has 0 saturated carbocycles. The molecule has 1 unspecified atom stereocenters. The number of rotatable bonds is 6. The molecule has 5 nitrogen and oxygen atoms in total. The zero-order valence-corrected chi connectivity index (χ0v) is 14.8. The first-order chi connectivity index (χ1) is 9.42. The smallest absolute Gasteiger partial charge is 0.230 e. The maximum absolute atomic E-state index is 13.0. The summed E-state index contributed by atoms with van der Waals surface area (Å²) in [6, 6.07) is -0.198. The quantitative estimate of drug-likeness (QED) is 0.806. The van der Waals surface area contributed by atoms with Crippen LogP contribution in [-0.4, -0.2) is 48.9 Å². The molecular weight excluding hydrogens is 288 g/mol. The van der Waals surface area contributed by atoms with Gasteiger partial charge in [0.1, 0.15) is 0 Å². The second-order valence-corrected chi connectivity index (χ2v) is 9.48. The van der Waals surface area contributed by atoms with Gasteiger partial charge in [-0.2, -0.15) is 0 Å². The average Bonchev–Trinajstić information content (AvgIpc) is 2.68. The number of hydrogen-bond acceptors (Lipinski definition) is 4. The van der Waals surface area contributed by atoms with Gasteiger partial charge < -0.3 is 10.6 Å². The minimum Gasteiger partial charge on any atom is -0.338 e. The van der Waals surface area contributed by atoms with Crippen molar-refractivity contribution in [2.45, 2.75) is 65.5 Å². The molecule has 21 heavy (non-hydrogen) atoms. The number of carbonyl (C=O) groups excluding carboxylic acids is 1. The standard InChI is InChI=1S/C15H30N2O3S/c1-6-7-9-17(12-8-10-21(19,20)11-12)13(18)14(2,3)15(4,5)16/h12H,6-11,16H2,1-5H3. The van der Waals surface area contributed by atoms with Gasteiger partial charge in [-0.25, -0.2) is 8.42 Å². The summed E-state index contributed by atoms with van der Waals surface area (Å²) in [6.07, 6.45) is 2.39. The molecular formula is C15H30N2O3S. The Hall–Kier alpha value is -0.620. The number of carbonyl (C=O) groups is 1. The van der Waals surface area contributed by atoms with Gasteiger partial charge in [-0.05, 0) is 40.5 Å². The summed E-state index contributed by atoms with van der Waals surface area (Å²) in [7, 11) is -3.01. The summed E-state index contributed by atoms with van der Waals surface area (Å²) >= 11 is 0. The van der Waals surface area contributed by atoms with E-state index in [0.29, 0.717) is 13.0 Å². The highest BCUT2D eigenvalue weighted by Crippen LogP contribution is 2.33. The van der Waals surface area contributed by atoms with Crippen LogP contribution in [0.1, 0.15) is 53.9 Å². The molecule has 0 aromatic carbocycles. The van der Waals surface area contributed by atoms with E-state index in [1.807, 2.05) is 27.7 Å². The maximum atomic E-state index is 13.0. The molecule has 1 saturated heterocycles. The summed E-state index contributed by atoms with van der Waals surface area (Å²) in [5.41, 5.74) is 4.78. The highest BCUT2D eigenvalue weighted by Gasteiger charge is 2.45. The predicted octanol–water partition coefficient (Wildman–Crippen LogP) is 1.57. The lowest BCUT2D eigenvalue weighted by atomic mass is 9.74. The van der Waals surface area contributed by atoms with Gasteiger partial charge >= 0.3 is 0 Å². The Morgan fingerprint density at radius 3 is 2.24 bits per heavy atom. The minimum atomic E-state index is -3.01. The van der Waals surface area contributed by atoms with Crippen molar-refractivity contribution in [3.63, 3.8) is 0 Å². The Morgan fingerprint density at radius 1 is 1.29 bits per heavy atom. The minimum absolute atomic E-state index is 0.0365. The predicted molar refractivity (Wildman–Crippen MR) is 85.7 cm³/mol. The Balaban J connectivity index is 3.00. The molecule has 0 bridgehead atoms. The molecule has 1 heterocycles. The van der Waals surface area contributed by atoms with Crippen molar-refractivity contribution in [2.75, 3.05) is 18.1 Å². The van der Waals surface area contributed by atoms with Gasteiger partial charge in [-0.3, -0.25) is 4.79 Å². The summed E-state index contributed by atoms with van der Waals surface area (Å²) in [4.78, 5) is 14.7. The van der Waals surface area contributed by atoms with Gasteiger partial charge in [0.2, 0.25) is 5.91 Å². The SMILES string of the molecule is CCCCN(C(=O)C(C)(C)C(C)(C)N)C1CCS(=O)(=O)C1. The van der Waals surface area contributed by atoms with Crippen LogP contribution in [0.5, 0.6) is 0 Å². The normalized spacial score (nSPS) is 22.3. The zero-order chi connectivity index (χ0) is 16.5. The average molecular weight is 318 g/mol. The molecule has 1 fully saturated rings. The molecule has 0 radical (unpaired) electrons. The molecule has 0 spiro atoms. The van der Waals surface area contributed by atoms with Crippen molar-refractivity contribution in [3.8, 4) is 0 Å². The number of unbranched alkanes of at least 4 members (excludes halogenated alkanes) is 1. The van der Waals surface area contributed by atoms with E-state index < -0.39 is 20.8 Å². The summed E-state index contributed by atoms with van der Waals surface area (Å²) < 4.78 is 23.5. The van der Waals surface area contributed by atoms with E-state index in [1.165, 1.54) is 0 Å². The second kappa shape index (κ2) is 6.24. The first-order valence-corrected chi connectivity index (χ1v) is 9.55. The van der Waals surface area contributed by atoms with E-state index in [2.05, 4.69) is 6.92 Å². The van der Waals surface area contributed by atoms with Crippen LogP contribution in [0.25, 0.3) is 0 Å². The van der Waals surface area contributed by atoms with Crippen molar-refractivity contribution in [1.82, 2.24) is 4.90 Å². The van der Waals surface area contributed by atoms with E-state index in [4.69, 9.17) is 5.73 Å². The molecule has 6 heteroatoms. The van der Waals surface area contributed by atoms with Gasteiger partial charge in [-0.1, -0.05) is 13.3 Å². The van der Waals surface area contributed by atoms with Crippen molar-refractivity contribution in [1.29, 1.82) is 0 Å². The first-order valence-electron chi connectivity index (χ1n) is 7.73. The van der Waals surface area contributed by atoms with Crippen LogP contribution in [0, 0.1) is 5.41 Å². The Labute approximate surface area is 129 Å². The van der Waals surface area contributed by atoms with Gasteiger partial charge in [0, 0.05) is 18.1 Å². The van der Waals surface area contributed by atoms with Crippen LogP contribution in [0.15, 0.2) is 0 Å². The van der Waals surface area contributed by atoms with Gasteiger partial charge in [0.05, 0.1) is 16.9 Å². The summed E-state index contributed by atoms with van der Waals surface area (Å²) in [5, 5.41) is 0. The van der Waals surface area contributed by atoms with E-state index in [9.17, 15) is 13.2 Å². The number of nitrogens with two attached hydrogens (primary N) is 1. The number of nitrogens with zero attached hydrogens (tertiary/aromatic N) is 1. The van der Waals surface area contributed by atoms with Crippen LogP contribution >= 0.6 is 0 Å². The van der Waals surface area contributed by atoms with Crippen molar-refractivity contribution < 1.29 is 13.2 Å². The maximum Gasteiger partial charge on any atom is 0.230 e. The molecule has 1 amide bonds. The lowest BCUT2D eigenvalue weighted by Crippen LogP contribution is -2.58. The highest BCUT2D eigenvalue weighted by atomic mass is 32.2. The number of amides is 1. The lowest BCUT2D eigenvalue weighted by molar-refractivity contribution is -0.145. The molecule has 2 N–H and O–H groups in total. The molecule has 0 aromatic rings. The second-order valence-electron chi connectivity index (χ2n) is 7.26. The van der Waals surface area contributed by atoms with Crippen LogP contribution < -0.4 is 5.73 Å². The summed E-state index contributed by atoms with van der Waals surface area (Å²) in [6.45, 7) is 10.0. The zero-order valence-electron chi connectivity index (χ0n) is 14.0. The third kappa shape index (κ3) is 4.19. The fourth-order valence-electron chi connectivity index (χ4n) is 2.43. The van der Waals surface area contributed by atoms with E-state index in [-0.39, 0.29) is 23.5 Å². The van der Waals surface area contributed by atoms with Crippen LogP contribution in [0.2, 0.25) is 0 Å². The molecule has 124 valence electrons.